The van der Waals surface area contributed by atoms with Crippen LogP contribution in [0.1, 0.15) is 97.8 Å². The monoisotopic (exact) mass is 558 g/mol. The molecule has 0 spiro atoms. The topological polar surface area (TPSA) is 88.4 Å². The molecule has 40 heavy (non-hydrogen) atoms. The lowest BCUT2D eigenvalue weighted by Gasteiger charge is -2.34. The highest BCUT2D eigenvalue weighted by Crippen LogP contribution is 2.43. The van der Waals surface area contributed by atoms with Crippen LogP contribution in [0.2, 0.25) is 0 Å². The van der Waals surface area contributed by atoms with Crippen molar-refractivity contribution in [1.29, 1.82) is 0 Å². The molecular weight excluding hydrogens is 504 g/mol. The Morgan fingerprint density at radius 1 is 0.675 bits per heavy atom. The normalized spacial score (nSPS) is 14.1. The third-order valence-corrected chi connectivity index (χ3v) is 8.03. The van der Waals surface area contributed by atoms with E-state index in [0.29, 0.717) is 18.1 Å². The van der Waals surface area contributed by atoms with E-state index < -0.39 is 12.2 Å². The fourth-order valence-corrected chi connectivity index (χ4v) is 4.61. The first-order chi connectivity index (χ1) is 18.7. The summed E-state index contributed by atoms with van der Waals surface area (Å²) in [4.78, 5) is 0. The lowest BCUT2D eigenvalue weighted by Crippen LogP contribution is -2.33. The van der Waals surface area contributed by atoms with Gasteiger partial charge in [0, 0.05) is 12.0 Å². The second kappa shape index (κ2) is 14.6. The van der Waals surface area contributed by atoms with Crippen molar-refractivity contribution in [3.8, 4) is 17.2 Å². The number of aliphatic hydroxyl groups is 3. The van der Waals surface area contributed by atoms with E-state index in [9.17, 15) is 10.2 Å². The van der Waals surface area contributed by atoms with Crippen LogP contribution >= 0.6 is 0 Å². The number of benzene rings is 2. The zero-order valence-corrected chi connectivity index (χ0v) is 26.3. The number of hydrogen-bond acceptors (Lipinski definition) is 6. The number of aliphatic hydroxyl groups excluding tert-OH is 3. The maximum atomic E-state index is 10.7. The van der Waals surface area contributed by atoms with E-state index in [-0.39, 0.29) is 36.1 Å². The third kappa shape index (κ3) is 8.86. The van der Waals surface area contributed by atoms with E-state index >= 15 is 0 Å². The van der Waals surface area contributed by atoms with Gasteiger partial charge in [0.05, 0.1) is 18.8 Å². The fraction of sp³-hybridized carbons (Fsp3) is 0.647. The molecule has 2 rings (SSSR count). The van der Waals surface area contributed by atoms with Crippen LogP contribution in [0.3, 0.4) is 0 Å². The molecule has 2 unspecified atom stereocenters. The summed E-state index contributed by atoms with van der Waals surface area (Å²) in [6, 6.07) is 12.5. The molecule has 0 saturated heterocycles. The molecule has 0 aliphatic heterocycles. The van der Waals surface area contributed by atoms with E-state index in [1.165, 1.54) is 5.56 Å². The van der Waals surface area contributed by atoms with Gasteiger partial charge >= 0.3 is 0 Å². The van der Waals surface area contributed by atoms with E-state index in [1.54, 1.807) is 0 Å². The predicted molar refractivity (Wildman–Crippen MR) is 163 cm³/mol. The third-order valence-electron chi connectivity index (χ3n) is 8.03. The Hall–Kier alpha value is -2.28. The Morgan fingerprint density at radius 2 is 1.18 bits per heavy atom. The van der Waals surface area contributed by atoms with Gasteiger partial charge in [0.15, 0.2) is 11.5 Å². The van der Waals surface area contributed by atoms with Crippen LogP contribution in [0.15, 0.2) is 36.4 Å². The molecule has 0 aliphatic carbocycles. The van der Waals surface area contributed by atoms with Gasteiger partial charge in [0.25, 0.3) is 0 Å². The zero-order valence-electron chi connectivity index (χ0n) is 26.3. The number of unbranched alkanes of at least 4 members (excludes halogenated alkanes) is 1. The zero-order chi connectivity index (χ0) is 30.1. The van der Waals surface area contributed by atoms with Gasteiger partial charge in [-0.25, -0.2) is 0 Å². The fourth-order valence-electron chi connectivity index (χ4n) is 4.61. The lowest BCUT2D eigenvalue weighted by atomic mass is 9.70. The largest absolute Gasteiger partial charge is 0.493 e. The maximum absolute atomic E-state index is 10.7. The molecule has 0 fully saturated rings. The molecule has 0 radical (unpaired) electrons. The molecule has 0 bridgehead atoms. The summed E-state index contributed by atoms with van der Waals surface area (Å²) < 4.78 is 18.3. The molecule has 0 aromatic heterocycles. The van der Waals surface area contributed by atoms with Crippen LogP contribution in [0.4, 0.5) is 0 Å². The molecule has 0 aliphatic rings. The highest BCUT2D eigenvalue weighted by atomic mass is 16.5. The van der Waals surface area contributed by atoms with Crippen molar-refractivity contribution in [2.75, 3.05) is 26.4 Å². The molecule has 226 valence electrons. The Morgan fingerprint density at radius 3 is 1.65 bits per heavy atom. The van der Waals surface area contributed by atoms with Gasteiger partial charge < -0.3 is 29.5 Å². The van der Waals surface area contributed by atoms with Gasteiger partial charge in [-0.1, -0.05) is 73.6 Å². The molecule has 2 aromatic rings. The highest BCUT2D eigenvalue weighted by Gasteiger charge is 2.33. The summed E-state index contributed by atoms with van der Waals surface area (Å²) in [6.45, 7) is 19.4. The van der Waals surface area contributed by atoms with Gasteiger partial charge in [-0.2, -0.15) is 0 Å². The van der Waals surface area contributed by atoms with Crippen molar-refractivity contribution in [2.24, 2.45) is 10.8 Å². The number of ether oxygens (including phenoxy) is 3. The molecule has 2 atom stereocenters. The lowest BCUT2D eigenvalue weighted by molar-refractivity contribution is 0.0136. The summed E-state index contributed by atoms with van der Waals surface area (Å²) in [5, 5.41) is 30.3. The minimum Gasteiger partial charge on any atom is -0.493 e. The van der Waals surface area contributed by atoms with Crippen LogP contribution in [0.5, 0.6) is 17.2 Å². The number of hydrogen-bond donors (Lipinski definition) is 3. The van der Waals surface area contributed by atoms with Crippen molar-refractivity contribution in [3.05, 3.63) is 53.1 Å². The second-order valence-electron chi connectivity index (χ2n) is 13.1. The van der Waals surface area contributed by atoms with E-state index in [1.807, 2.05) is 59.7 Å². The van der Waals surface area contributed by atoms with Crippen molar-refractivity contribution in [3.63, 3.8) is 0 Å². The Kier molecular flexibility index (Phi) is 12.4. The molecule has 0 saturated carbocycles. The van der Waals surface area contributed by atoms with Gasteiger partial charge in [0.2, 0.25) is 0 Å². The minimum absolute atomic E-state index is 0.137. The first kappa shape index (κ1) is 33.9. The number of rotatable bonds is 15. The molecule has 6 nitrogen and oxygen atoms in total. The second-order valence-corrected chi connectivity index (χ2v) is 13.1. The van der Waals surface area contributed by atoms with Crippen LogP contribution < -0.4 is 14.2 Å². The highest BCUT2D eigenvalue weighted by molar-refractivity contribution is 5.50. The van der Waals surface area contributed by atoms with Crippen molar-refractivity contribution in [1.82, 2.24) is 0 Å². The Labute approximate surface area is 242 Å². The molecule has 2 aromatic carbocycles. The summed E-state index contributed by atoms with van der Waals surface area (Å²) in [5.41, 5.74) is 2.50. The van der Waals surface area contributed by atoms with E-state index in [4.69, 9.17) is 19.3 Å². The Bertz CT molecular complexity index is 1050. The summed E-state index contributed by atoms with van der Waals surface area (Å²) >= 11 is 0. The standard InChI is InChI=1S/C34H54O6/c1-10-34(11-2,25-14-16-27(24(3)20-25)38-19-13-12-18-35)26-15-17-28(39-22-30(36)32(4,5)6)29(21-26)40-23-31(37)33(7,8)9/h14-17,20-21,30-31,35-37H,10-13,18-19,22-23H2,1-9H3. The Balaban J connectivity index is 2.46. The van der Waals surface area contributed by atoms with Crippen LogP contribution in [0, 0.1) is 17.8 Å². The van der Waals surface area contributed by atoms with E-state index in [2.05, 4.69) is 39.0 Å². The van der Waals surface area contributed by atoms with Crippen molar-refractivity contribution >= 4 is 0 Å². The first-order valence-corrected chi connectivity index (χ1v) is 14.8. The van der Waals surface area contributed by atoms with Crippen LogP contribution in [-0.4, -0.2) is 54.0 Å². The summed E-state index contributed by atoms with van der Waals surface area (Å²) in [5.74, 6) is 1.98. The SMILES string of the molecule is CCC(CC)(c1ccc(OCCCCO)c(C)c1)c1ccc(OCC(O)C(C)(C)C)c(OCC(O)C(C)(C)C)c1. The van der Waals surface area contributed by atoms with E-state index in [0.717, 1.165) is 42.6 Å². The van der Waals surface area contributed by atoms with Crippen molar-refractivity contribution < 1.29 is 29.5 Å². The van der Waals surface area contributed by atoms with Gasteiger partial charge in [-0.15, -0.1) is 0 Å². The van der Waals surface area contributed by atoms with Gasteiger partial charge in [0.1, 0.15) is 19.0 Å². The molecule has 0 amide bonds. The summed E-state index contributed by atoms with van der Waals surface area (Å²) in [7, 11) is 0. The van der Waals surface area contributed by atoms with Crippen LogP contribution in [-0.2, 0) is 5.41 Å². The number of aryl methyl sites for hydroxylation is 1. The summed E-state index contributed by atoms with van der Waals surface area (Å²) in [6.07, 6.45) is 2.02. The van der Waals surface area contributed by atoms with Gasteiger partial charge in [-0.05, 0) is 78.3 Å². The maximum Gasteiger partial charge on any atom is 0.161 e. The van der Waals surface area contributed by atoms with Crippen LogP contribution in [0.25, 0.3) is 0 Å². The van der Waals surface area contributed by atoms with Gasteiger partial charge in [-0.3, -0.25) is 0 Å². The average Bonchev–Trinajstić information content (AvgIpc) is 2.89. The first-order valence-electron chi connectivity index (χ1n) is 14.8. The predicted octanol–water partition coefficient (Wildman–Crippen LogP) is 6.82. The average molecular weight is 559 g/mol. The molecule has 3 N–H and O–H groups in total. The smallest absolute Gasteiger partial charge is 0.161 e. The van der Waals surface area contributed by atoms with Crippen molar-refractivity contribution in [2.45, 2.75) is 106 Å². The minimum atomic E-state index is -0.654. The molecule has 0 heterocycles. The molecular formula is C34H54O6. The molecule has 6 heteroatoms. The quantitative estimate of drug-likeness (QED) is 0.208.